The number of hydrogen-bond donors (Lipinski definition) is 1. The third-order valence-corrected chi connectivity index (χ3v) is 7.79. The van der Waals surface area contributed by atoms with Gasteiger partial charge in [0.2, 0.25) is 0 Å². The van der Waals surface area contributed by atoms with Crippen LogP contribution in [0.5, 0.6) is 0 Å². The van der Waals surface area contributed by atoms with Crippen molar-refractivity contribution in [2.45, 2.75) is 77.7 Å². The van der Waals surface area contributed by atoms with Crippen LogP contribution in [-0.4, -0.2) is 17.0 Å². The fourth-order valence-corrected chi connectivity index (χ4v) is 6.50. The van der Waals surface area contributed by atoms with Crippen molar-refractivity contribution in [1.29, 1.82) is 0 Å². The monoisotopic (exact) mass is 293 g/mol. The van der Waals surface area contributed by atoms with Crippen LogP contribution in [0.2, 0.25) is 0 Å². The normalized spacial score (nSPS) is 64.5. The molecule has 0 unspecified atom stereocenters. The minimum Gasteiger partial charge on any atom is -0.385 e. The number of aliphatic hydroxyl groups is 1. The summed E-state index contributed by atoms with van der Waals surface area (Å²) in [5.74, 6) is -0.125. The first kappa shape index (κ1) is 11.2. The lowest BCUT2D eigenvalue weighted by molar-refractivity contribution is -0.133. The van der Waals surface area contributed by atoms with E-state index in [1.165, 1.54) is 25.7 Å². The minimum absolute atomic E-state index is 0.126. The van der Waals surface area contributed by atoms with E-state index in [2.05, 4.69) is 6.92 Å². The summed E-state index contributed by atoms with van der Waals surface area (Å²) in [5, 5.41) is 10.6. The summed E-state index contributed by atoms with van der Waals surface area (Å²) < 4.78 is 25.2. The fraction of sp³-hybridized carbons (Fsp3) is 0.947. The van der Waals surface area contributed by atoms with Crippen LogP contribution in [0.25, 0.3) is 0 Å². The Kier molecular flexibility index (Phi) is 2.44. The van der Waals surface area contributed by atoms with E-state index in [9.17, 15) is 9.90 Å². The topological polar surface area (TPSA) is 37.3 Å². The molecule has 0 heterocycles. The van der Waals surface area contributed by atoms with Crippen LogP contribution >= 0.6 is 0 Å². The smallest absolute Gasteiger partial charge is 0.162 e. The molecule has 2 heteroatoms. The van der Waals surface area contributed by atoms with Crippen LogP contribution in [0.15, 0.2) is 0 Å². The van der Waals surface area contributed by atoms with Gasteiger partial charge in [-0.15, -0.1) is 0 Å². The van der Waals surface area contributed by atoms with Crippen molar-refractivity contribution in [1.82, 2.24) is 0 Å². The van der Waals surface area contributed by atoms with Gasteiger partial charge in [-0.2, -0.15) is 0 Å². The molecule has 4 aliphatic rings. The van der Waals surface area contributed by atoms with Crippen LogP contribution in [0.3, 0.4) is 0 Å². The Balaban J connectivity index is 1.77. The van der Waals surface area contributed by atoms with Crippen molar-refractivity contribution in [3.8, 4) is 0 Å². The van der Waals surface area contributed by atoms with Gasteiger partial charge in [0.1, 0.15) is 6.08 Å². The van der Waals surface area contributed by atoms with Crippen LogP contribution in [0.1, 0.15) is 75.7 Å². The van der Waals surface area contributed by atoms with Gasteiger partial charge >= 0.3 is 0 Å². The van der Waals surface area contributed by atoms with E-state index >= 15 is 0 Å². The molecule has 21 heavy (non-hydrogen) atoms. The highest BCUT2D eigenvalue weighted by molar-refractivity contribution is 5.86. The Morgan fingerprint density at radius 3 is 2.71 bits per heavy atom. The van der Waals surface area contributed by atoms with Crippen LogP contribution in [0, 0.1) is 34.5 Å². The van der Waals surface area contributed by atoms with Gasteiger partial charge in [0.05, 0.1) is 1.37 Å². The molecule has 0 aromatic heterocycles. The Morgan fingerprint density at radius 2 is 1.90 bits per heavy atom. The lowest BCUT2D eigenvalue weighted by atomic mass is 9.45. The van der Waals surface area contributed by atoms with Gasteiger partial charge in [0.15, 0.2) is 5.78 Å². The largest absolute Gasteiger partial charge is 0.385 e. The predicted molar refractivity (Wildman–Crippen MR) is 82.7 cm³/mol. The first-order valence-electron chi connectivity index (χ1n) is 10.3. The third kappa shape index (κ3) is 1.77. The van der Waals surface area contributed by atoms with Crippen molar-refractivity contribution in [3.05, 3.63) is 0 Å². The molecule has 2 nitrogen and oxygen atoms in total. The first-order chi connectivity index (χ1) is 11.1. The van der Waals surface area contributed by atoms with Gasteiger partial charge in [-0.05, 0) is 67.6 Å². The van der Waals surface area contributed by atoms with Gasteiger partial charge in [0, 0.05) is 14.5 Å². The molecule has 7 atom stereocenters. The van der Waals surface area contributed by atoms with Crippen molar-refractivity contribution >= 4 is 5.78 Å². The second kappa shape index (κ2) is 4.57. The molecule has 4 fully saturated rings. The van der Waals surface area contributed by atoms with Gasteiger partial charge in [0.25, 0.3) is 0 Å². The summed E-state index contributed by atoms with van der Waals surface area (Å²) in [6.07, 6.45) is 4.29. The summed E-state index contributed by atoms with van der Waals surface area (Å²) in [7, 11) is 0. The molecule has 1 N–H and O–H groups in total. The van der Waals surface area contributed by atoms with Gasteiger partial charge in [-0.25, -0.2) is 0 Å². The standard InChI is InChI=1S/C19H30O2/c1-18-9-4-3-5-12(18)6-7-13-14(18)8-10-19(2)15(13)11-16(20)17(19)21/h12-15,17,21H,3-11H2,1-2H3/t12-,13-,14+,15+,17+,18+,19+/m1/s1/i11D2,17D. The van der Waals surface area contributed by atoms with Gasteiger partial charge < -0.3 is 5.11 Å². The summed E-state index contributed by atoms with van der Waals surface area (Å²) >= 11 is 0. The summed E-state index contributed by atoms with van der Waals surface area (Å²) in [6.45, 7) is 4.19. The van der Waals surface area contributed by atoms with Crippen molar-refractivity contribution in [2.24, 2.45) is 34.5 Å². The molecule has 0 amide bonds. The summed E-state index contributed by atoms with van der Waals surface area (Å²) in [4.78, 5) is 12.5. The Morgan fingerprint density at radius 1 is 1.10 bits per heavy atom. The molecule has 0 spiro atoms. The van der Waals surface area contributed by atoms with E-state index in [-0.39, 0.29) is 11.3 Å². The van der Waals surface area contributed by atoms with E-state index in [1.807, 2.05) is 0 Å². The quantitative estimate of drug-likeness (QED) is 0.734. The number of Topliss-reactive ketones (excluding diaryl/α,β-unsaturated/α-hetero) is 1. The number of rotatable bonds is 0. The molecule has 0 aliphatic heterocycles. The fourth-order valence-electron chi connectivity index (χ4n) is 6.50. The zero-order valence-electron chi connectivity index (χ0n) is 16.3. The summed E-state index contributed by atoms with van der Waals surface area (Å²) in [6, 6.07) is 0. The molecule has 0 bridgehead atoms. The lowest BCUT2D eigenvalue weighted by Gasteiger charge is -2.60. The van der Waals surface area contributed by atoms with Crippen molar-refractivity contribution < 1.29 is 14.0 Å². The van der Waals surface area contributed by atoms with E-state index in [0.717, 1.165) is 25.2 Å². The second-order valence-electron chi connectivity index (χ2n) is 8.55. The Bertz CT molecular complexity index is 575. The van der Waals surface area contributed by atoms with E-state index in [4.69, 9.17) is 4.11 Å². The maximum absolute atomic E-state index is 12.5. The highest BCUT2D eigenvalue weighted by Gasteiger charge is 2.61. The molecule has 0 aromatic rings. The van der Waals surface area contributed by atoms with E-state index < -0.39 is 29.6 Å². The second-order valence-corrected chi connectivity index (χ2v) is 8.55. The zero-order chi connectivity index (χ0) is 17.5. The lowest BCUT2D eigenvalue weighted by Crippen LogP contribution is -2.53. The highest BCUT2D eigenvalue weighted by Crippen LogP contribution is 2.65. The number of carbonyl (C=O) groups excluding carboxylic acids is 1. The molecular formula is C19H30O2. The number of carbonyl (C=O) groups is 1. The maximum atomic E-state index is 12.5. The van der Waals surface area contributed by atoms with E-state index in [0.29, 0.717) is 12.3 Å². The van der Waals surface area contributed by atoms with Crippen LogP contribution in [-0.2, 0) is 4.79 Å². The third-order valence-electron chi connectivity index (χ3n) is 7.79. The SMILES string of the molecule is [2H]C1([2H])C(=O)[C@]([2H])(O)[C@@]2(C)CC[C@H]3[C@@H](CC[C@H]4CCCC[C@@]43C)[C@H]12. The summed E-state index contributed by atoms with van der Waals surface area (Å²) in [5.41, 5.74) is -0.697. The van der Waals surface area contributed by atoms with Crippen LogP contribution in [0.4, 0.5) is 0 Å². The molecule has 4 aliphatic carbocycles. The zero-order valence-corrected chi connectivity index (χ0v) is 13.3. The Hall–Kier alpha value is -0.370. The number of hydrogen-bond acceptors (Lipinski definition) is 2. The molecule has 0 saturated heterocycles. The van der Waals surface area contributed by atoms with Gasteiger partial charge in [-0.1, -0.05) is 26.7 Å². The average Bonchev–Trinajstić information content (AvgIpc) is 2.62. The van der Waals surface area contributed by atoms with Crippen LogP contribution < -0.4 is 0 Å². The highest BCUT2D eigenvalue weighted by atomic mass is 16.3. The van der Waals surface area contributed by atoms with Crippen molar-refractivity contribution in [2.75, 3.05) is 0 Å². The number of fused-ring (bicyclic) bond motifs is 5. The van der Waals surface area contributed by atoms with Crippen molar-refractivity contribution in [3.63, 3.8) is 0 Å². The predicted octanol–water partition coefficient (Wildman–Crippen LogP) is 3.96. The molecule has 4 saturated carbocycles. The molecule has 118 valence electrons. The number of ketones is 1. The molecule has 0 radical (unpaired) electrons. The van der Waals surface area contributed by atoms with E-state index in [1.54, 1.807) is 6.92 Å². The minimum atomic E-state index is -2.28. The Labute approximate surface area is 132 Å². The molecular weight excluding hydrogens is 260 g/mol. The average molecular weight is 293 g/mol. The maximum Gasteiger partial charge on any atom is 0.162 e. The molecule has 4 rings (SSSR count). The first-order valence-corrected chi connectivity index (χ1v) is 8.84. The molecule has 0 aromatic carbocycles. The van der Waals surface area contributed by atoms with Gasteiger partial charge in [-0.3, -0.25) is 4.79 Å².